The molecule has 2 aromatic carbocycles. The molecule has 2 rings (SSSR count). The predicted octanol–water partition coefficient (Wildman–Crippen LogP) is 3.80. The zero-order valence-electron chi connectivity index (χ0n) is 17.9. The van der Waals surface area contributed by atoms with E-state index in [1.807, 2.05) is 6.92 Å². The van der Waals surface area contributed by atoms with Crippen molar-refractivity contribution in [3.05, 3.63) is 47.5 Å². The van der Waals surface area contributed by atoms with Crippen LogP contribution < -0.4 is 24.8 Å². The maximum Gasteiger partial charge on any atom is 0.338 e. The molecule has 8 nitrogen and oxygen atoms in total. The van der Waals surface area contributed by atoms with Gasteiger partial charge in [0.05, 0.1) is 33.5 Å². The third kappa shape index (κ3) is 6.58. The zero-order valence-corrected chi connectivity index (χ0v) is 18.8. The molecule has 0 saturated heterocycles. The van der Waals surface area contributed by atoms with Crippen LogP contribution in [0.1, 0.15) is 40.5 Å². The highest BCUT2D eigenvalue weighted by molar-refractivity contribution is 7.80. The van der Waals surface area contributed by atoms with E-state index in [9.17, 15) is 9.59 Å². The van der Waals surface area contributed by atoms with Crippen molar-refractivity contribution in [3.63, 3.8) is 0 Å². The number of anilines is 1. The maximum atomic E-state index is 12.6. The molecule has 0 saturated carbocycles. The van der Waals surface area contributed by atoms with Crippen LogP contribution in [0.2, 0.25) is 0 Å². The summed E-state index contributed by atoms with van der Waals surface area (Å²) < 4.78 is 21.0. The van der Waals surface area contributed by atoms with E-state index < -0.39 is 11.9 Å². The Kier molecular flexibility index (Phi) is 9.08. The molecule has 0 aliphatic carbocycles. The lowest BCUT2D eigenvalue weighted by Crippen LogP contribution is -2.34. The summed E-state index contributed by atoms with van der Waals surface area (Å²) in [5.74, 6) is 0.196. The predicted molar refractivity (Wildman–Crippen MR) is 121 cm³/mol. The van der Waals surface area contributed by atoms with E-state index in [1.54, 1.807) is 24.3 Å². The number of ether oxygens (including phenoxy) is 4. The molecule has 31 heavy (non-hydrogen) atoms. The number of amides is 1. The molecule has 166 valence electrons. The summed E-state index contributed by atoms with van der Waals surface area (Å²) in [6.07, 6.45) is 1.75. The molecule has 2 aromatic rings. The van der Waals surface area contributed by atoms with Gasteiger partial charge in [-0.25, -0.2) is 4.79 Å². The Morgan fingerprint density at radius 3 is 2.23 bits per heavy atom. The van der Waals surface area contributed by atoms with Crippen molar-refractivity contribution in [2.45, 2.75) is 19.8 Å². The van der Waals surface area contributed by atoms with Crippen LogP contribution >= 0.6 is 12.2 Å². The second-order valence-electron chi connectivity index (χ2n) is 6.39. The van der Waals surface area contributed by atoms with Gasteiger partial charge in [-0.3, -0.25) is 10.1 Å². The van der Waals surface area contributed by atoms with Crippen molar-refractivity contribution in [1.29, 1.82) is 0 Å². The van der Waals surface area contributed by atoms with Crippen LogP contribution in [-0.2, 0) is 4.74 Å². The molecular formula is C22H26N2O6S. The zero-order chi connectivity index (χ0) is 22.8. The average Bonchev–Trinajstić information content (AvgIpc) is 2.78. The molecule has 0 aliphatic rings. The lowest BCUT2D eigenvalue weighted by Gasteiger charge is -2.15. The van der Waals surface area contributed by atoms with Crippen molar-refractivity contribution >= 4 is 34.9 Å². The van der Waals surface area contributed by atoms with Crippen LogP contribution in [0.5, 0.6) is 17.2 Å². The van der Waals surface area contributed by atoms with Gasteiger partial charge in [-0.15, -0.1) is 0 Å². The number of unbranched alkanes of at least 4 members (excludes halogenated alkanes) is 1. The second kappa shape index (κ2) is 11.8. The van der Waals surface area contributed by atoms with Gasteiger partial charge in [0.15, 0.2) is 16.6 Å². The molecule has 0 heterocycles. The van der Waals surface area contributed by atoms with Crippen LogP contribution in [-0.4, -0.2) is 44.9 Å². The largest absolute Gasteiger partial charge is 0.493 e. The van der Waals surface area contributed by atoms with Crippen molar-refractivity contribution in [2.24, 2.45) is 0 Å². The number of carbonyl (C=O) groups is 2. The van der Waals surface area contributed by atoms with Gasteiger partial charge in [0.25, 0.3) is 5.91 Å². The molecule has 0 bridgehead atoms. The molecule has 0 unspecified atom stereocenters. The first-order chi connectivity index (χ1) is 14.9. The number of thiocarbonyl (C=S) groups is 1. The van der Waals surface area contributed by atoms with E-state index in [-0.39, 0.29) is 10.7 Å². The quantitative estimate of drug-likeness (QED) is 0.341. The van der Waals surface area contributed by atoms with Gasteiger partial charge in [-0.2, -0.15) is 0 Å². The number of esters is 1. The molecule has 1 amide bonds. The lowest BCUT2D eigenvalue weighted by atomic mass is 10.1. The fourth-order valence-corrected chi connectivity index (χ4v) is 2.88. The normalized spacial score (nSPS) is 10.1. The maximum absolute atomic E-state index is 12.6. The second-order valence-corrected chi connectivity index (χ2v) is 6.80. The van der Waals surface area contributed by atoms with Crippen LogP contribution in [0.4, 0.5) is 5.69 Å². The summed E-state index contributed by atoms with van der Waals surface area (Å²) in [6.45, 7) is 2.39. The molecule has 2 N–H and O–H groups in total. The van der Waals surface area contributed by atoms with Crippen LogP contribution in [0.25, 0.3) is 0 Å². The topological polar surface area (TPSA) is 95.1 Å². The number of methoxy groups -OCH3 is 3. The Morgan fingerprint density at radius 2 is 1.65 bits per heavy atom. The number of hydrogen-bond acceptors (Lipinski definition) is 7. The first kappa shape index (κ1) is 23.9. The Labute approximate surface area is 186 Å². The molecule has 9 heteroatoms. The Morgan fingerprint density at radius 1 is 0.968 bits per heavy atom. The SMILES string of the molecule is CCCCOC(=O)c1cccc(NC(=S)NC(=O)c2cc(OC)c(OC)c(OC)c2)c1. The average molecular weight is 447 g/mol. The molecule has 0 spiro atoms. The van der Waals surface area contributed by atoms with Crippen molar-refractivity contribution in [2.75, 3.05) is 33.3 Å². The minimum absolute atomic E-state index is 0.0650. The van der Waals surface area contributed by atoms with Gasteiger partial charge in [-0.05, 0) is 49.0 Å². The van der Waals surface area contributed by atoms with Crippen molar-refractivity contribution in [1.82, 2.24) is 5.32 Å². The summed E-state index contributed by atoms with van der Waals surface area (Å²) in [6, 6.07) is 9.71. The van der Waals surface area contributed by atoms with Gasteiger partial charge in [0.2, 0.25) is 5.75 Å². The lowest BCUT2D eigenvalue weighted by molar-refractivity contribution is 0.0499. The van der Waals surface area contributed by atoms with Gasteiger partial charge < -0.3 is 24.3 Å². The molecule has 0 fully saturated rings. The van der Waals surface area contributed by atoms with Gasteiger partial charge >= 0.3 is 5.97 Å². The van der Waals surface area contributed by atoms with Crippen molar-refractivity contribution < 1.29 is 28.5 Å². The van der Waals surface area contributed by atoms with Gasteiger partial charge in [0, 0.05) is 11.3 Å². The summed E-state index contributed by atoms with van der Waals surface area (Å²) in [7, 11) is 4.41. The molecule has 0 aliphatic heterocycles. The number of carbonyl (C=O) groups excluding carboxylic acids is 2. The first-order valence-corrected chi connectivity index (χ1v) is 10.0. The highest BCUT2D eigenvalue weighted by Crippen LogP contribution is 2.38. The Hall–Kier alpha value is -3.33. The fourth-order valence-electron chi connectivity index (χ4n) is 2.67. The number of hydrogen-bond donors (Lipinski definition) is 2. The van der Waals surface area contributed by atoms with Crippen LogP contribution in [0.15, 0.2) is 36.4 Å². The molecule has 0 atom stereocenters. The van der Waals surface area contributed by atoms with E-state index in [4.69, 9.17) is 31.2 Å². The summed E-state index contributed by atoms with van der Waals surface area (Å²) in [4.78, 5) is 24.7. The molecule has 0 aromatic heterocycles. The Bertz CT molecular complexity index is 922. The highest BCUT2D eigenvalue weighted by atomic mass is 32.1. The standard InChI is InChI=1S/C22H26N2O6S/c1-5-6-10-30-21(26)14-8-7-9-16(11-14)23-22(31)24-20(25)15-12-17(27-2)19(29-4)18(13-15)28-3/h7-9,11-13H,5-6,10H2,1-4H3,(H2,23,24,25,31). The van der Waals surface area contributed by atoms with E-state index in [1.165, 1.54) is 33.5 Å². The highest BCUT2D eigenvalue weighted by Gasteiger charge is 2.18. The van der Waals surface area contributed by atoms with E-state index in [0.29, 0.717) is 35.1 Å². The number of rotatable bonds is 9. The number of nitrogens with one attached hydrogen (secondary N) is 2. The summed E-state index contributed by atoms with van der Waals surface area (Å²) >= 11 is 5.23. The van der Waals surface area contributed by atoms with Crippen LogP contribution in [0.3, 0.4) is 0 Å². The van der Waals surface area contributed by atoms with Crippen LogP contribution in [0, 0.1) is 0 Å². The third-order valence-electron chi connectivity index (χ3n) is 4.24. The minimum Gasteiger partial charge on any atom is -0.493 e. The smallest absolute Gasteiger partial charge is 0.338 e. The summed E-state index contributed by atoms with van der Waals surface area (Å²) in [5.41, 5.74) is 1.20. The monoisotopic (exact) mass is 446 g/mol. The van der Waals surface area contributed by atoms with Crippen molar-refractivity contribution in [3.8, 4) is 17.2 Å². The third-order valence-corrected chi connectivity index (χ3v) is 4.45. The van der Waals surface area contributed by atoms with E-state index >= 15 is 0 Å². The fraction of sp³-hybridized carbons (Fsp3) is 0.318. The molecular weight excluding hydrogens is 420 g/mol. The first-order valence-electron chi connectivity index (χ1n) is 9.63. The Balaban J connectivity index is 2.07. The van der Waals surface area contributed by atoms with E-state index in [0.717, 1.165) is 12.8 Å². The van der Waals surface area contributed by atoms with Gasteiger partial charge in [-0.1, -0.05) is 19.4 Å². The number of benzene rings is 2. The minimum atomic E-state index is -0.466. The van der Waals surface area contributed by atoms with Gasteiger partial charge in [0.1, 0.15) is 0 Å². The summed E-state index contributed by atoms with van der Waals surface area (Å²) in [5, 5.41) is 5.54. The van der Waals surface area contributed by atoms with E-state index in [2.05, 4.69) is 10.6 Å². The molecule has 0 radical (unpaired) electrons.